The molecule has 1 heterocycles. The maximum atomic E-state index is 11.1. The van der Waals surface area contributed by atoms with Crippen molar-refractivity contribution in [2.24, 2.45) is 0 Å². The smallest absolute Gasteiger partial charge is 0.333 e. The number of methoxy groups -OCH3 is 1. The Balaban J connectivity index is 1.86. The van der Waals surface area contributed by atoms with Crippen molar-refractivity contribution in [3.8, 4) is 5.75 Å². The highest BCUT2D eigenvalue weighted by molar-refractivity contribution is 5.72. The number of carboxylic acid groups (broad SMARTS) is 1. The number of aromatic nitrogens is 1. The van der Waals surface area contributed by atoms with Gasteiger partial charge in [0.15, 0.2) is 6.10 Å². The molecule has 5 nitrogen and oxygen atoms in total. The molecule has 0 aliphatic heterocycles. The highest BCUT2D eigenvalue weighted by Crippen LogP contribution is 2.21. The van der Waals surface area contributed by atoms with Gasteiger partial charge in [0.25, 0.3) is 0 Å². The molecule has 1 N–H and O–H groups in total. The SMILES string of the molecule is CCc1ccc(CCCOc2ccccc2CC(OC)C(=O)O)nc1. The molecule has 1 atom stereocenters. The summed E-state index contributed by atoms with van der Waals surface area (Å²) < 4.78 is 10.9. The van der Waals surface area contributed by atoms with Gasteiger partial charge in [0.05, 0.1) is 6.61 Å². The monoisotopic (exact) mass is 343 g/mol. The molecule has 0 spiro atoms. The Morgan fingerprint density at radius 1 is 1.24 bits per heavy atom. The third-order valence-electron chi connectivity index (χ3n) is 4.07. The van der Waals surface area contributed by atoms with E-state index < -0.39 is 12.1 Å². The Morgan fingerprint density at radius 3 is 2.68 bits per heavy atom. The van der Waals surface area contributed by atoms with Crippen LogP contribution in [0, 0.1) is 0 Å². The van der Waals surface area contributed by atoms with Crippen molar-refractivity contribution in [2.45, 2.75) is 38.7 Å². The molecule has 134 valence electrons. The topological polar surface area (TPSA) is 68.7 Å². The highest BCUT2D eigenvalue weighted by atomic mass is 16.5. The predicted molar refractivity (Wildman–Crippen MR) is 96.0 cm³/mol. The van der Waals surface area contributed by atoms with E-state index in [2.05, 4.69) is 24.0 Å². The number of nitrogens with zero attached hydrogens (tertiary/aromatic N) is 1. The van der Waals surface area contributed by atoms with Crippen LogP contribution in [0.15, 0.2) is 42.6 Å². The lowest BCUT2D eigenvalue weighted by atomic mass is 10.1. The molecule has 1 unspecified atom stereocenters. The molecule has 5 heteroatoms. The zero-order valence-corrected chi connectivity index (χ0v) is 14.8. The van der Waals surface area contributed by atoms with E-state index >= 15 is 0 Å². The Bertz CT molecular complexity index is 670. The number of hydrogen-bond donors (Lipinski definition) is 1. The highest BCUT2D eigenvalue weighted by Gasteiger charge is 2.18. The van der Waals surface area contributed by atoms with Crippen LogP contribution in [0.4, 0.5) is 0 Å². The molecular formula is C20H25NO4. The van der Waals surface area contributed by atoms with E-state index in [1.54, 1.807) is 0 Å². The number of carboxylic acids is 1. The number of carbonyl (C=O) groups is 1. The van der Waals surface area contributed by atoms with Gasteiger partial charge in [0.2, 0.25) is 0 Å². The Morgan fingerprint density at radius 2 is 2.04 bits per heavy atom. The lowest BCUT2D eigenvalue weighted by Crippen LogP contribution is -2.25. The van der Waals surface area contributed by atoms with Crippen LogP contribution in [0.25, 0.3) is 0 Å². The van der Waals surface area contributed by atoms with Crippen molar-refractivity contribution in [1.29, 1.82) is 0 Å². The molecule has 25 heavy (non-hydrogen) atoms. The quantitative estimate of drug-likeness (QED) is 0.670. The summed E-state index contributed by atoms with van der Waals surface area (Å²) in [4.78, 5) is 15.6. The van der Waals surface area contributed by atoms with E-state index in [1.807, 2.05) is 30.5 Å². The van der Waals surface area contributed by atoms with Gasteiger partial charge in [0.1, 0.15) is 5.75 Å². The summed E-state index contributed by atoms with van der Waals surface area (Å²) in [5, 5.41) is 9.13. The molecule has 0 aliphatic rings. The third kappa shape index (κ3) is 5.87. The second kappa shape index (κ2) is 9.79. The molecule has 0 saturated heterocycles. The van der Waals surface area contributed by atoms with Gasteiger partial charge in [-0.1, -0.05) is 31.2 Å². The van der Waals surface area contributed by atoms with Crippen LogP contribution in [0.3, 0.4) is 0 Å². The second-order valence-electron chi connectivity index (χ2n) is 5.84. The summed E-state index contributed by atoms with van der Waals surface area (Å²) in [6.45, 7) is 2.67. The molecule has 0 fully saturated rings. The first-order valence-corrected chi connectivity index (χ1v) is 8.54. The summed E-state index contributed by atoms with van der Waals surface area (Å²) in [5.41, 5.74) is 3.13. The summed E-state index contributed by atoms with van der Waals surface area (Å²) in [6, 6.07) is 11.6. The molecule has 0 aliphatic carbocycles. The van der Waals surface area contributed by atoms with Crippen LogP contribution in [-0.2, 0) is 28.8 Å². The number of hydrogen-bond acceptors (Lipinski definition) is 4. The van der Waals surface area contributed by atoms with Crippen molar-refractivity contribution in [3.05, 3.63) is 59.4 Å². The average Bonchev–Trinajstić information content (AvgIpc) is 2.64. The van der Waals surface area contributed by atoms with Crippen molar-refractivity contribution in [1.82, 2.24) is 4.98 Å². The van der Waals surface area contributed by atoms with E-state index in [0.717, 1.165) is 30.5 Å². The van der Waals surface area contributed by atoms with Gasteiger partial charge in [0, 0.05) is 25.4 Å². The molecule has 2 rings (SSSR count). The van der Waals surface area contributed by atoms with Gasteiger partial charge >= 0.3 is 5.97 Å². The Hall–Kier alpha value is -2.40. The van der Waals surface area contributed by atoms with Crippen LogP contribution in [-0.4, -0.2) is 35.9 Å². The molecule has 0 radical (unpaired) electrons. The number of para-hydroxylation sites is 1. The summed E-state index contributed by atoms with van der Waals surface area (Å²) in [5.74, 6) is -0.265. The lowest BCUT2D eigenvalue weighted by Gasteiger charge is -2.14. The van der Waals surface area contributed by atoms with E-state index in [9.17, 15) is 4.79 Å². The van der Waals surface area contributed by atoms with Gasteiger partial charge in [-0.15, -0.1) is 0 Å². The Labute approximate surface area is 148 Å². The normalized spacial score (nSPS) is 11.9. The van der Waals surface area contributed by atoms with Gasteiger partial charge in [-0.2, -0.15) is 0 Å². The first-order valence-electron chi connectivity index (χ1n) is 8.54. The number of benzene rings is 1. The fourth-order valence-electron chi connectivity index (χ4n) is 2.53. The van der Waals surface area contributed by atoms with Crippen molar-refractivity contribution in [2.75, 3.05) is 13.7 Å². The lowest BCUT2D eigenvalue weighted by molar-refractivity contribution is -0.148. The van der Waals surface area contributed by atoms with Crippen LogP contribution >= 0.6 is 0 Å². The third-order valence-corrected chi connectivity index (χ3v) is 4.07. The fraction of sp³-hybridized carbons (Fsp3) is 0.400. The van der Waals surface area contributed by atoms with Crippen molar-refractivity contribution < 1.29 is 19.4 Å². The van der Waals surface area contributed by atoms with Crippen LogP contribution < -0.4 is 4.74 Å². The standard InChI is InChI=1S/C20H25NO4/c1-3-15-10-11-17(21-14-15)8-6-12-25-18-9-5-4-7-16(18)13-19(24-2)20(22)23/h4-5,7,9-11,14,19H,3,6,8,12-13H2,1-2H3,(H,22,23). The largest absolute Gasteiger partial charge is 0.493 e. The minimum Gasteiger partial charge on any atom is -0.493 e. The van der Waals surface area contributed by atoms with E-state index in [-0.39, 0.29) is 6.42 Å². The number of aliphatic carboxylic acids is 1. The van der Waals surface area contributed by atoms with Crippen LogP contribution in [0.2, 0.25) is 0 Å². The molecule has 0 saturated carbocycles. The first kappa shape index (κ1) is 18.9. The number of aryl methyl sites for hydroxylation is 2. The van der Waals surface area contributed by atoms with Gasteiger partial charge < -0.3 is 14.6 Å². The minimum atomic E-state index is -0.973. The number of rotatable bonds is 10. The van der Waals surface area contributed by atoms with Gasteiger partial charge in [-0.25, -0.2) is 4.79 Å². The summed E-state index contributed by atoms with van der Waals surface area (Å²) in [6.07, 6.45) is 4.02. The van der Waals surface area contributed by atoms with Crippen molar-refractivity contribution in [3.63, 3.8) is 0 Å². The van der Waals surface area contributed by atoms with E-state index in [1.165, 1.54) is 12.7 Å². The summed E-state index contributed by atoms with van der Waals surface area (Å²) in [7, 11) is 1.40. The molecule has 0 amide bonds. The van der Waals surface area contributed by atoms with Crippen LogP contribution in [0.1, 0.15) is 30.2 Å². The molecule has 0 bridgehead atoms. The number of pyridine rings is 1. The minimum absolute atomic E-state index is 0.280. The molecule has 2 aromatic rings. The molecule has 1 aromatic heterocycles. The van der Waals surface area contributed by atoms with Crippen LogP contribution in [0.5, 0.6) is 5.75 Å². The first-order chi connectivity index (χ1) is 12.1. The van der Waals surface area contributed by atoms with Gasteiger partial charge in [-0.05, 0) is 42.5 Å². The zero-order valence-electron chi connectivity index (χ0n) is 14.8. The average molecular weight is 343 g/mol. The number of ether oxygens (including phenoxy) is 2. The van der Waals surface area contributed by atoms with Gasteiger partial charge in [-0.3, -0.25) is 4.98 Å². The van der Waals surface area contributed by atoms with Crippen molar-refractivity contribution >= 4 is 5.97 Å². The predicted octanol–water partition coefficient (Wildman–Crippen LogP) is 3.30. The molecular weight excluding hydrogens is 318 g/mol. The maximum Gasteiger partial charge on any atom is 0.333 e. The molecule has 1 aromatic carbocycles. The Kier molecular flexibility index (Phi) is 7.41. The van der Waals surface area contributed by atoms with E-state index in [4.69, 9.17) is 14.6 Å². The maximum absolute atomic E-state index is 11.1. The second-order valence-corrected chi connectivity index (χ2v) is 5.84. The fourth-order valence-corrected chi connectivity index (χ4v) is 2.53. The zero-order chi connectivity index (χ0) is 18.1. The summed E-state index contributed by atoms with van der Waals surface area (Å²) >= 11 is 0. The van der Waals surface area contributed by atoms with E-state index in [0.29, 0.717) is 12.4 Å².